The van der Waals surface area contributed by atoms with Gasteiger partial charge in [-0.3, -0.25) is 0 Å². The summed E-state index contributed by atoms with van der Waals surface area (Å²) < 4.78 is 23.6. The zero-order valence-electron chi connectivity index (χ0n) is 12.0. The van der Waals surface area contributed by atoms with E-state index in [1.807, 2.05) is 26.8 Å². The topological polar surface area (TPSA) is 59.1 Å². The van der Waals surface area contributed by atoms with Crippen LogP contribution in [0.5, 0.6) is 0 Å². The summed E-state index contributed by atoms with van der Waals surface area (Å²) in [6, 6.07) is 6.90. The molecule has 1 unspecified atom stereocenters. The van der Waals surface area contributed by atoms with Crippen LogP contribution in [0.15, 0.2) is 29.2 Å². The van der Waals surface area contributed by atoms with Crippen LogP contribution in [0, 0.1) is 13.8 Å². The average Bonchev–Trinajstić information content (AvgIpc) is 2.68. The van der Waals surface area contributed by atoms with Crippen molar-refractivity contribution in [3.8, 4) is 0 Å². The van der Waals surface area contributed by atoms with Gasteiger partial charge in [-0.2, -0.15) is 0 Å². The van der Waals surface area contributed by atoms with Gasteiger partial charge in [0.25, 0.3) is 0 Å². The van der Waals surface area contributed by atoms with E-state index in [-0.39, 0.29) is 6.04 Å². The second-order valence-electron chi connectivity index (χ2n) is 4.81. The SMILES string of the molecule is Cc1nc(C(C)Nc2ccccc2S(C)(=O)=O)c(C)s1. The van der Waals surface area contributed by atoms with Crippen molar-refractivity contribution in [3.05, 3.63) is 39.8 Å². The molecule has 2 aromatic rings. The standard InChI is InChI=1S/C14H18N2O2S2/c1-9(14-10(2)19-11(3)16-14)15-12-7-5-6-8-13(12)20(4,17)18/h5-9,15H,1-4H3. The molecule has 1 aromatic heterocycles. The Balaban J connectivity index is 2.34. The summed E-state index contributed by atoms with van der Waals surface area (Å²) in [5, 5.41) is 4.27. The smallest absolute Gasteiger partial charge is 0.177 e. The molecule has 1 heterocycles. The minimum Gasteiger partial charge on any atom is -0.376 e. The number of nitrogens with zero attached hydrogens (tertiary/aromatic N) is 1. The lowest BCUT2D eigenvalue weighted by molar-refractivity contribution is 0.602. The van der Waals surface area contributed by atoms with Gasteiger partial charge in [0, 0.05) is 11.1 Å². The van der Waals surface area contributed by atoms with E-state index in [1.54, 1.807) is 29.5 Å². The molecule has 0 aliphatic carbocycles. The van der Waals surface area contributed by atoms with Crippen LogP contribution in [-0.4, -0.2) is 19.7 Å². The van der Waals surface area contributed by atoms with Crippen molar-refractivity contribution in [3.63, 3.8) is 0 Å². The van der Waals surface area contributed by atoms with Crippen LogP contribution in [0.2, 0.25) is 0 Å². The first-order chi connectivity index (χ1) is 9.29. The third-order valence-corrected chi connectivity index (χ3v) is 5.07. The first-order valence-electron chi connectivity index (χ1n) is 6.28. The van der Waals surface area contributed by atoms with Crippen molar-refractivity contribution in [2.24, 2.45) is 0 Å². The predicted octanol–water partition coefficient (Wildman–Crippen LogP) is 3.34. The van der Waals surface area contributed by atoms with Gasteiger partial charge >= 0.3 is 0 Å². The Labute approximate surface area is 123 Å². The summed E-state index contributed by atoms with van der Waals surface area (Å²) in [5.41, 5.74) is 1.59. The van der Waals surface area contributed by atoms with E-state index in [4.69, 9.17) is 0 Å². The van der Waals surface area contributed by atoms with Crippen LogP contribution in [0.3, 0.4) is 0 Å². The number of rotatable bonds is 4. The molecule has 0 amide bonds. The fourth-order valence-electron chi connectivity index (χ4n) is 2.16. The Bertz CT molecular complexity index is 721. The summed E-state index contributed by atoms with van der Waals surface area (Å²) in [7, 11) is -3.25. The van der Waals surface area contributed by atoms with E-state index in [2.05, 4.69) is 10.3 Å². The molecular weight excluding hydrogens is 292 g/mol. The van der Waals surface area contributed by atoms with Crippen molar-refractivity contribution in [2.45, 2.75) is 31.7 Å². The highest BCUT2D eigenvalue weighted by molar-refractivity contribution is 7.90. The van der Waals surface area contributed by atoms with Crippen molar-refractivity contribution in [1.29, 1.82) is 0 Å². The van der Waals surface area contributed by atoms with Gasteiger partial charge in [0.05, 0.1) is 27.3 Å². The maximum Gasteiger partial charge on any atom is 0.177 e. The number of thiazole rings is 1. The molecule has 0 aliphatic heterocycles. The van der Waals surface area contributed by atoms with Crippen molar-refractivity contribution >= 4 is 26.9 Å². The van der Waals surface area contributed by atoms with E-state index >= 15 is 0 Å². The molecule has 0 saturated carbocycles. The van der Waals surface area contributed by atoms with Gasteiger partial charge < -0.3 is 5.32 Å². The number of aromatic nitrogens is 1. The van der Waals surface area contributed by atoms with E-state index < -0.39 is 9.84 Å². The van der Waals surface area contributed by atoms with Crippen LogP contribution >= 0.6 is 11.3 Å². The third kappa shape index (κ3) is 3.19. The normalized spacial score (nSPS) is 13.2. The van der Waals surface area contributed by atoms with Crippen LogP contribution in [0.1, 0.15) is 28.5 Å². The fourth-order valence-corrected chi connectivity index (χ4v) is 3.92. The summed E-state index contributed by atoms with van der Waals surface area (Å²) >= 11 is 1.65. The third-order valence-electron chi connectivity index (χ3n) is 3.01. The second-order valence-corrected chi connectivity index (χ2v) is 8.20. The number of anilines is 1. The molecule has 0 aliphatic rings. The van der Waals surface area contributed by atoms with Gasteiger partial charge in [0.2, 0.25) is 0 Å². The van der Waals surface area contributed by atoms with E-state index in [9.17, 15) is 8.42 Å². The van der Waals surface area contributed by atoms with E-state index in [0.717, 1.165) is 15.6 Å². The number of hydrogen-bond donors (Lipinski definition) is 1. The van der Waals surface area contributed by atoms with Crippen molar-refractivity contribution < 1.29 is 8.42 Å². The Hall–Kier alpha value is -1.40. The van der Waals surface area contributed by atoms with Gasteiger partial charge in [0.1, 0.15) is 0 Å². The molecule has 1 N–H and O–H groups in total. The molecule has 20 heavy (non-hydrogen) atoms. The highest BCUT2D eigenvalue weighted by atomic mass is 32.2. The Kier molecular flexibility index (Phi) is 4.15. The molecule has 0 fully saturated rings. The number of benzene rings is 1. The molecule has 108 valence electrons. The molecular formula is C14H18N2O2S2. The number of sulfone groups is 1. The number of aryl methyl sites for hydroxylation is 2. The number of nitrogens with one attached hydrogen (secondary N) is 1. The number of para-hydroxylation sites is 1. The molecule has 1 atom stereocenters. The molecule has 0 saturated heterocycles. The zero-order chi connectivity index (χ0) is 14.9. The maximum atomic E-state index is 11.8. The van der Waals surface area contributed by atoms with Crippen LogP contribution in [0.25, 0.3) is 0 Å². The Morgan fingerprint density at radius 2 is 1.90 bits per heavy atom. The number of hydrogen-bond acceptors (Lipinski definition) is 5. The highest BCUT2D eigenvalue weighted by Gasteiger charge is 2.17. The van der Waals surface area contributed by atoms with Crippen LogP contribution in [-0.2, 0) is 9.84 Å². The summed E-state index contributed by atoms with van der Waals surface area (Å²) in [4.78, 5) is 5.97. The predicted molar refractivity (Wildman–Crippen MR) is 83.2 cm³/mol. The van der Waals surface area contributed by atoms with Crippen LogP contribution in [0.4, 0.5) is 5.69 Å². The summed E-state index contributed by atoms with van der Waals surface area (Å²) in [6.45, 7) is 5.99. The van der Waals surface area contributed by atoms with E-state index in [0.29, 0.717) is 10.6 Å². The van der Waals surface area contributed by atoms with Gasteiger partial charge in [-0.25, -0.2) is 13.4 Å². The first-order valence-corrected chi connectivity index (χ1v) is 8.99. The lowest BCUT2D eigenvalue weighted by Gasteiger charge is -2.16. The van der Waals surface area contributed by atoms with Crippen molar-refractivity contribution in [2.75, 3.05) is 11.6 Å². The second kappa shape index (κ2) is 5.54. The molecule has 4 nitrogen and oxygen atoms in total. The molecule has 0 bridgehead atoms. The monoisotopic (exact) mass is 310 g/mol. The fraction of sp³-hybridized carbons (Fsp3) is 0.357. The lowest BCUT2D eigenvalue weighted by atomic mass is 10.2. The maximum absolute atomic E-state index is 11.8. The zero-order valence-corrected chi connectivity index (χ0v) is 13.6. The molecule has 0 radical (unpaired) electrons. The summed E-state index contributed by atoms with van der Waals surface area (Å²) in [6.07, 6.45) is 1.22. The summed E-state index contributed by atoms with van der Waals surface area (Å²) in [5.74, 6) is 0. The van der Waals surface area contributed by atoms with Crippen LogP contribution < -0.4 is 5.32 Å². The van der Waals surface area contributed by atoms with Gasteiger partial charge in [-0.05, 0) is 32.9 Å². The Morgan fingerprint density at radius 1 is 1.25 bits per heavy atom. The van der Waals surface area contributed by atoms with Gasteiger partial charge in [0.15, 0.2) is 9.84 Å². The average molecular weight is 310 g/mol. The van der Waals surface area contributed by atoms with Gasteiger partial charge in [-0.15, -0.1) is 11.3 Å². The van der Waals surface area contributed by atoms with Crippen molar-refractivity contribution in [1.82, 2.24) is 4.98 Å². The first kappa shape index (κ1) is 15.0. The minimum absolute atomic E-state index is 0.0390. The molecule has 1 aromatic carbocycles. The molecule has 0 spiro atoms. The Morgan fingerprint density at radius 3 is 2.45 bits per heavy atom. The van der Waals surface area contributed by atoms with Gasteiger partial charge in [-0.1, -0.05) is 12.1 Å². The van der Waals surface area contributed by atoms with E-state index in [1.165, 1.54) is 6.26 Å². The quantitative estimate of drug-likeness (QED) is 0.941. The highest BCUT2D eigenvalue weighted by Crippen LogP contribution is 2.28. The molecule has 2 rings (SSSR count). The minimum atomic E-state index is -3.25. The molecule has 6 heteroatoms. The lowest BCUT2D eigenvalue weighted by Crippen LogP contribution is -2.11. The largest absolute Gasteiger partial charge is 0.376 e.